The van der Waals surface area contributed by atoms with Gasteiger partial charge in [0.25, 0.3) is 0 Å². The highest BCUT2D eigenvalue weighted by Crippen LogP contribution is 2.28. The van der Waals surface area contributed by atoms with E-state index >= 15 is 0 Å². The normalized spacial score (nSPS) is 12.5. The van der Waals surface area contributed by atoms with Crippen LogP contribution in [0.2, 0.25) is 0 Å². The van der Waals surface area contributed by atoms with Gasteiger partial charge in [-0.1, -0.05) is 71.9 Å². The molecule has 160 valence electrons. The molecule has 1 atom stereocenters. The van der Waals surface area contributed by atoms with Gasteiger partial charge >= 0.3 is 0 Å². The molecular weight excluding hydrogens is 474 g/mol. The maximum atomic E-state index is 12.3. The number of hydrogen-bond acceptors (Lipinski definition) is 5. The summed E-state index contributed by atoms with van der Waals surface area (Å²) < 4.78 is 3.21. The van der Waals surface area contributed by atoms with Gasteiger partial charge in [-0.05, 0) is 36.6 Å². The molecule has 4 rings (SSSR count). The van der Waals surface area contributed by atoms with Crippen LogP contribution in [0.1, 0.15) is 26.3 Å². The lowest BCUT2D eigenvalue weighted by molar-refractivity contribution is -0.119. The Hall–Kier alpha value is -2.45. The van der Waals surface area contributed by atoms with Gasteiger partial charge in [0.05, 0.1) is 11.3 Å². The lowest BCUT2D eigenvalue weighted by atomic mass is 10.1. The zero-order valence-electron chi connectivity index (χ0n) is 17.7. The number of thioether (sulfide) groups is 1. The van der Waals surface area contributed by atoms with E-state index in [4.69, 9.17) is 4.98 Å². The Balaban J connectivity index is 1.64. The fourth-order valence-electron chi connectivity index (χ4n) is 3.28. The second-order valence-electron chi connectivity index (χ2n) is 7.89. The molecule has 4 aromatic rings. The first-order valence-electron chi connectivity index (χ1n) is 10.2. The number of aromatic nitrogens is 4. The minimum absolute atomic E-state index is 0.0229. The quantitative estimate of drug-likeness (QED) is 0.362. The number of fused-ring (bicyclic) bond motifs is 3. The van der Waals surface area contributed by atoms with Gasteiger partial charge in [-0.25, -0.2) is 4.98 Å². The third-order valence-electron chi connectivity index (χ3n) is 5.33. The Morgan fingerprint density at radius 1 is 1.10 bits per heavy atom. The molecular formula is C23H24BrN5OS. The van der Waals surface area contributed by atoms with Crippen molar-refractivity contribution in [3.8, 4) is 0 Å². The summed E-state index contributed by atoms with van der Waals surface area (Å²) in [6.45, 7) is 6.86. The molecule has 0 aliphatic rings. The van der Waals surface area contributed by atoms with Crippen LogP contribution in [0.15, 0.2) is 58.2 Å². The van der Waals surface area contributed by atoms with E-state index in [2.05, 4.69) is 68.1 Å². The fraction of sp³-hybridized carbons (Fsp3) is 0.304. The van der Waals surface area contributed by atoms with Crippen molar-refractivity contribution < 1.29 is 4.79 Å². The van der Waals surface area contributed by atoms with E-state index in [9.17, 15) is 4.79 Å². The van der Waals surface area contributed by atoms with Gasteiger partial charge in [0.15, 0.2) is 5.65 Å². The first-order valence-corrected chi connectivity index (χ1v) is 12.0. The maximum Gasteiger partial charge on any atom is 0.230 e. The lowest BCUT2D eigenvalue weighted by Crippen LogP contribution is -2.37. The number of carbonyl (C=O) groups excluding carboxylic acids is 1. The van der Waals surface area contributed by atoms with Crippen molar-refractivity contribution in [1.82, 2.24) is 25.1 Å². The van der Waals surface area contributed by atoms with Crippen LogP contribution in [0.25, 0.3) is 22.1 Å². The van der Waals surface area contributed by atoms with Crippen LogP contribution in [0, 0.1) is 5.92 Å². The second kappa shape index (κ2) is 9.36. The van der Waals surface area contributed by atoms with Gasteiger partial charge in [-0.3, -0.25) is 4.79 Å². The summed E-state index contributed by atoms with van der Waals surface area (Å²) in [5.74, 6) is 0.625. The molecule has 0 radical (unpaired) electrons. The number of amides is 1. The highest BCUT2D eigenvalue weighted by atomic mass is 79.9. The van der Waals surface area contributed by atoms with Gasteiger partial charge in [0.2, 0.25) is 11.1 Å². The highest BCUT2D eigenvalue weighted by molar-refractivity contribution is 9.10. The largest absolute Gasteiger partial charge is 0.353 e. The van der Waals surface area contributed by atoms with Crippen LogP contribution in [0.5, 0.6) is 0 Å². The van der Waals surface area contributed by atoms with E-state index in [1.807, 2.05) is 37.3 Å². The lowest BCUT2D eigenvalue weighted by Gasteiger charge is -2.16. The molecule has 8 heteroatoms. The zero-order chi connectivity index (χ0) is 22.0. The predicted octanol–water partition coefficient (Wildman–Crippen LogP) is 5.04. The molecule has 2 aromatic heterocycles. The summed E-state index contributed by atoms with van der Waals surface area (Å²) in [6.07, 6.45) is 0. The summed E-state index contributed by atoms with van der Waals surface area (Å²) >= 11 is 4.80. The highest BCUT2D eigenvalue weighted by Gasteiger charge is 2.16. The SMILES string of the molecule is CC(C)C(C)NC(=O)CSc1nnc2c3ccccc3n(Cc3ccc(Br)cc3)c2n1. The first kappa shape index (κ1) is 21.8. The topological polar surface area (TPSA) is 72.7 Å². The third-order valence-corrected chi connectivity index (χ3v) is 6.70. The van der Waals surface area contributed by atoms with Crippen molar-refractivity contribution in [3.63, 3.8) is 0 Å². The minimum Gasteiger partial charge on any atom is -0.353 e. The summed E-state index contributed by atoms with van der Waals surface area (Å²) in [5, 5.41) is 13.3. The Bertz CT molecular complexity index is 1220. The molecule has 0 aliphatic carbocycles. The van der Waals surface area contributed by atoms with Gasteiger partial charge in [0.1, 0.15) is 5.52 Å². The third kappa shape index (κ3) is 4.91. The molecule has 0 spiro atoms. The molecule has 2 aromatic carbocycles. The second-order valence-corrected chi connectivity index (χ2v) is 9.74. The number of para-hydroxylation sites is 1. The molecule has 0 fully saturated rings. The smallest absolute Gasteiger partial charge is 0.230 e. The number of nitrogens with one attached hydrogen (secondary N) is 1. The van der Waals surface area contributed by atoms with E-state index < -0.39 is 0 Å². The minimum atomic E-state index is -0.0229. The van der Waals surface area contributed by atoms with Crippen molar-refractivity contribution in [2.75, 3.05) is 5.75 Å². The Labute approximate surface area is 194 Å². The van der Waals surface area contributed by atoms with Gasteiger partial charge in [0, 0.05) is 22.4 Å². The van der Waals surface area contributed by atoms with Crippen molar-refractivity contribution in [2.24, 2.45) is 5.92 Å². The summed E-state index contributed by atoms with van der Waals surface area (Å²) in [4.78, 5) is 17.0. The van der Waals surface area contributed by atoms with E-state index in [1.54, 1.807) is 0 Å². The molecule has 0 saturated carbocycles. The van der Waals surface area contributed by atoms with Crippen LogP contribution >= 0.6 is 27.7 Å². The number of rotatable bonds is 7. The number of benzene rings is 2. The zero-order valence-corrected chi connectivity index (χ0v) is 20.1. The predicted molar refractivity (Wildman–Crippen MR) is 129 cm³/mol. The average molecular weight is 498 g/mol. The standard InChI is InChI=1S/C23H24BrN5OS/c1-14(2)15(3)25-20(30)13-31-23-26-22-21(27-28-23)18-6-4-5-7-19(18)29(22)12-16-8-10-17(24)11-9-16/h4-11,14-15H,12-13H2,1-3H3,(H,25,30). The molecule has 0 saturated heterocycles. The van der Waals surface area contributed by atoms with Gasteiger partial charge in [-0.2, -0.15) is 0 Å². The monoisotopic (exact) mass is 497 g/mol. The van der Waals surface area contributed by atoms with Crippen molar-refractivity contribution in [3.05, 3.63) is 58.6 Å². The van der Waals surface area contributed by atoms with Gasteiger partial charge < -0.3 is 9.88 Å². The van der Waals surface area contributed by atoms with E-state index in [-0.39, 0.29) is 17.7 Å². The molecule has 0 aliphatic heterocycles. The number of carbonyl (C=O) groups is 1. The molecule has 0 bridgehead atoms. The van der Waals surface area contributed by atoms with Crippen LogP contribution in [0.3, 0.4) is 0 Å². The summed E-state index contributed by atoms with van der Waals surface area (Å²) in [5.41, 5.74) is 3.78. The van der Waals surface area contributed by atoms with Crippen molar-refractivity contribution in [1.29, 1.82) is 0 Å². The molecule has 1 unspecified atom stereocenters. The molecule has 6 nitrogen and oxygen atoms in total. The average Bonchev–Trinajstić information content (AvgIpc) is 3.07. The Kier molecular flexibility index (Phi) is 6.57. The van der Waals surface area contributed by atoms with Crippen LogP contribution in [-0.4, -0.2) is 37.5 Å². The number of hydrogen-bond donors (Lipinski definition) is 1. The first-order chi connectivity index (χ1) is 14.9. The van der Waals surface area contributed by atoms with E-state index in [0.29, 0.717) is 17.6 Å². The number of nitrogens with zero attached hydrogens (tertiary/aromatic N) is 4. The summed E-state index contributed by atoms with van der Waals surface area (Å²) in [7, 11) is 0. The molecule has 2 heterocycles. The van der Waals surface area contributed by atoms with Crippen LogP contribution in [0.4, 0.5) is 0 Å². The molecule has 31 heavy (non-hydrogen) atoms. The Morgan fingerprint density at radius 3 is 2.58 bits per heavy atom. The van der Waals surface area contributed by atoms with Crippen molar-refractivity contribution in [2.45, 2.75) is 38.5 Å². The Morgan fingerprint density at radius 2 is 1.84 bits per heavy atom. The van der Waals surface area contributed by atoms with E-state index in [0.717, 1.165) is 26.5 Å². The molecule has 1 amide bonds. The van der Waals surface area contributed by atoms with Crippen LogP contribution in [-0.2, 0) is 11.3 Å². The number of halogens is 1. The fourth-order valence-corrected chi connectivity index (χ4v) is 4.13. The summed E-state index contributed by atoms with van der Waals surface area (Å²) in [6, 6.07) is 16.5. The van der Waals surface area contributed by atoms with Crippen molar-refractivity contribution >= 4 is 55.7 Å². The van der Waals surface area contributed by atoms with Gasteiger partial charge in [-0.15, -0.1) is 10.2 Å². The van der Waals surface area contributed by atoms with Crippen LogP contribution < -0.4 is 5.32 Å². The van der Waals surface area contributed by atoms with E-state index in [1.165, 1.54) is 17.3 Å². The maximum absolute atomic E-state index is 12.3. The molecule has 1 N–H and O–H groups in total.